The highest BCUT2D eigenvalue weighted by atomic mass is 16.5. The first-order valence-electron chi connectivity index (χ1n) is 6.65. The van der Waals surface area contributed by atoms with E-state index in [9.17, 15) is 0 Å². The van der Waals surface area contributed by atoms with Gasteiger partial charge in [-0.1, -0.05) is 6.92 Å². The summed E-state index contributed by atoms with van der Waals surface area (Å²) < 4.78 is 5.08. The van der Waals surface area contributed by atoms with Gasteiger partial charge in [-0.15, -0.1) is 0 Å². The maximum Gasteiger partial charge on any atom is 0.225 e. The van der Waals surface area contributed by atoms with Crippen molar-refractivity contribution < 1.29 is 4.74 Å². The molecule has 1 aromatic heterocycles. The first kappa shape index (κ1) is 13.1. The number of nitrogens with one attached hydrogen (secondary N) is 1. The first-order chi connectivity index (χ1) is 8.81. The van der Waals surface area contributed by atoms with Crippen LogP contribution in [-0.4, -0.2) is 48.2 Å². The maximum absolute atomic E-state index is 5.08. The number of likely N-dealkylation sites (tertiary alicyclic amines) is 1. The standard InChI is InChI=1S/C13H22N4O/c1-3-17-8-4-5-11(10-17)9-15-13-14-7-6-12(16-13)18-2/h6-7,11H,3-5,8-10H2,1-2H3,(H,14,15,16)/t11-/m1/s1. The van der Waals surface area contributed by atoms with Crippen LogP contribution in [0, 0.1) is 5.92 Å². The van der Waals surface area contributed by atoms with Crippen molar-refractivity contribution in [2.45, 2.75) is 19.8 Å². The van der Waals surface area contributed by atoms with E-state index < -0.39 is 0 Å². The third-order valence-corrected chi connectivity index (χ3v) is 3.44. The number of nitrogens with zero attached hydrogens (tertiary/aromatic N) is 3. The van der Waals surface area contributed by atoms with Gasteiger partial charge in [-0.2, -0.15) is 4.98 Å². The van der Waals surface area contributed by atoms with Crippen LogP contribution in [0.5, 0.6) is 5.88 Å². The fourth-order valence-electron chi connectivity index (χ4n) is 2.38. The van der Waals surface area contributed by atoms with E-state index in [2.05, 4.69) is 27.1 Å². The summed E-state index contributed by atoms with van der Waals surface area (Å²) in [6.45, 7) is 6.72. The Balaban J connectivity index is 1.83. The molecule has 18 heavy (non-hydrogen) atoms. The first-order valence-corrected chi connectivity index (χ1v) is 6.65. The number of methoxy groups -OCH3 is 1. The van der Waals surface area contributed by atoms with Crippen LogP contribution in [0.1, 0.15) is 19.8 Å². The highest BCUT2D eigenvalue weighted by molar-refractivity contribution is 5.27. The number of piperidine rings is 1. The van der Waals surface area contributed by atoms with Gasteiger partial charge in [-0.25, -0.2) is 4.98 Å². The lowest BCUT2D eigenvalue weighted by molar-refractivity contribution is 0.189. The molecule has 1 N–H and O–H groups in total. The van der Waals surface area contributed by atoms with Crippen molar-refractivity contribution in [1.82, 2.24) is 14.9 Å². The Morgan fingerprint density at radius 3 is 3.22 bits per heavy atom. The Bertz CT molecular complexity index is 372. The van der Waals surface area contributed by atoms with Gasteiger partial charge in [0.1, 0.15) is 0 Å². The van der Waals surface area contributed by atoms with Gasteiger partial charge in [0.15, 0.2) is 0 Å². The number of anilines is 1. The van der Waals surface area contributed by atoms with Crippen LogP contribution in [-0.2, 0) is 0 Å². The molecule has 100 valence electrons. The summed E-state index contributed by atoms with van der Waals surface area (Å²) in [5, 5.41) is 3.30. The molecule has 0 spiro atoms. The van der Waals surface area contributed by atoms with E-state index in [1.807, 2.05) is 0 Å². The van der Waals surface area contributed by atoms with E-state index in [1.54, 1.807) is 19.4 Å². The molecule has 0 saturated carbocycles. The van der Waals surface area contributed by atoms with Crippen molar-refractivity contribution in [3.63, 3.8) is 0 Å². The summed E-state index contributed by atoms with van der Waals surface area (Å²) >= 11 is 0. The molecular formula is C13H22N4O. The van der Waals surface area contributed by atoms with Gasteiger partial charge in [-0.3, -0.25) is 0 Å². The minimum atomic E-state index is 0.603. The Morgan fingerprint density at radius 1 is 1.56 bits per heavy atom. The molecule has 0 aromatic carbocycles. The van der Waals surface area contributed by atoms with Crippen LogP contribution in [0.3, 0.4) is 0 Å². The molecule has 0 bridgehead atoms. The van der Waals surface area contributed by atoms with Crippen LogP contribution in [0.25, 0.3) is 0 Å². The largest absolute Gasteiger partial charge is 0.481 e. The van der Waals surface area contributed by atoms with Gasteiger partial charge >= 0.3 is 0 Å². The van der Waals surface area contributed by atoms with E-state index >= 15 is 0 Å². The van der Waals surface area contributed by atoms with Gasteiger partial charge in [0.2, 0.25) is 11.8 Å². The number of hydrogen-bond donors (Lipinski definition) is 1. The van der Waals surface area contributed by atoms with Gasteiger partial charge in [-0.05, 0) is 31.8 Å². The summed E-state index contributed by atoms with van der Waals surface area (Å²) in [5.74, 6) is 1.95. The smallest absolute Gasteiger partial charge is 0.225 e. The molecule has 1 aliphatic rings. The molecule has 0 amide bonds. The lowest BCUT2D eigenvalue weighted by Crippen LogP contribution is -2.37. The predicted octanol–water partition coefficient (Wildman–Crippen LogP) is 1.63. The summed E-state index contributed by atoms with van der Waals surface area (Å²) in [6.07, 6.45) is 4.29. The van der Waals surface area contributed by atoms with Gasteiger partial charge in [0, 0.05) is 25.4 Å². The Hall–Kier alpha value is -1.36. The van der Waals surface area contributed by atoms with Crippen LogP contribution in [0.4, 0.5) is 5.95 Å². The van der Waals surface area contributed by atoms with E-state index in [0.717, 1.165) is 13.1 Å². The van der Waals surface area contributed by atoms with Crippen LogP contribution in [0.15, 0.2) is 12.3 Å². The molecule has 0 unspecified atom stereocenters. The van der Waals surface area contributed by atoms with Gasteiger partial charge in [0.25, 0.3) is 0 Å². The monoisotopic (exact) mass is 250 g/mol. The predicted molar refractivity (Wildman–Crippen MR) is 71.9 cm³/mol. The lowest BCUT2D eigenvalue weighted by Gasteiger charge is -2.31. The van der Waals surface area contributed by atoms with Gasteiger partial charge in [0.05, 0.1) is 7.11 Å². The minimum absolute atomic E-state index is 0.603. The number of rotatable bonds is 5. The molecule has 0 radical (unpaired) electrons. The van der Waals surface area contributed by atoms with Crippen molar-refractivity contribution >= 4 is 5.95 Å². The van der Waals surface area contributed by atoms with Crippen LogP contribution in [0.2, 0.25) is 0 Å². The molecule has 1 aliphatic heterocycles. The zero-order chi connectivity index (χ0) is 12.8. The highest BCUT2D eigenvalue weighted by Gasteiger charge is 2.18. The fraction of sp³-hybridized carbons (Fsp3) is 0.692. The third kappa shape index (κ3) is 3.57. The third-order valence-electron chi connectivity index (χ3n) is 3.44. The SMILES string of the molecule is CCN1CCC[C@H](CNc2nccc(OC)n2)C1. The Labute approximate surface area is 109 Å². The maximum atomic E-state index is 5.08. The summed E-state index contributed by atoms with van der Waals surface area (Å²) in [7, 11) is 1.62. The number of aromatic nitrogens is 2. The molecule has 2 heterocycles. The minimum Gasteiger partial charge on any atom is -0.481 e. The molecule has 5 nitrogen and oxygen atoms in total. The molecule has 1 saturated heterocycles. The molecule has 1 fully saturated rings. The van der Waals surface area contributed by atoms with Gasteiger partial charge < -0.3 is 15.0 Å². The van der Waals surface area contributed by atoms with Crippen molar-refractivity contribution in [1.29, 1.82) is 0 Å². The van der Waals surface area contributed by atoms with Crippen LogP contribution >= 0.6 is 0 Å². The topological polar surface area (TPSA) is 50.3 Å². The summed E-state index contributed by atoms with van der Waals surface area (Å²) in [5.41, 5.74) is 0. The van der Waals surface area contributed by atoms with Crippen molar-refractivity contribution in [3.05, 3.63) is 12.3 Å². The van der Waals surface area contributed by atoms with Crippen LogP contribution < -0.4 is 10.1 Å². The Morgan fingerprint density at radius 2 is 2.44 bits per heavy atom. The quantitative estimate of drug-likeness (QED) is 0.860. The average molecular weight is 250 g/mol. The normalized spacial score (nSPS) is 20.7. The molecule has 5 heteroatoms. The molecular weight excluding hydrogens is 228 g/mol. The van der Waals surface area contributed by atoms with E-state index in [-0.39, 0.29) is 0 Å². The average Bonchev–Trinajstić information content (AvgIpc) is 2.45. The second kappa shape index (κ2) is 6.54. The second-order valence-electron chi connectivity index (χ2n) is 4.70. The molecule has 1 atom stereocenters. The zero-order valence-electron chi connectivity index (χ0n) is 11.2. The summed E-state index contributed by atoms with van der Waals surface area (Å²) in [4.78, 5) is 11.0. The number of hydrogen-bond acceptors (Lipinski definition) is 5. The molecule has 0 aliphatic carbocycles. The zero-order valence-corrected chi connectivity index (χ0v) is 11.2. The van der Waals surface area contributed by atoms with Crippen molar-refractivity contribution in [3.8, 4) is 5.88 Å². The van der Waals surface area contributed by atoms with E-state index in [0.29, 0.717) is 17.7 Å². The van der Waals surface area contributed by atoms with E-state index in [4.69, 9.17) is 4.74 Å². The Kier molecular flexibility index (Phi) is 4.75. The fourth-order valence-corrected chi connectivity index (χ4v) is 2.38. The second-order valence-corrected chi connectivity index (χ2v) is 4.70. The summed E-state index contributed by atoms with van der Waals surface area (Å²) in [6, 6.07) is 1.75. The lowest BCUT2D eigenvalue weighted by atomic mass is 9.98. The molecule has 1 aromatic rings. The van der Waals surface area contributed by atoms with Crippen molar-refractivity contribution in [2.75, 3.05) is 38.6 Å². The van der Waals surface area contributed by atoms with Crippen molar-refractivity contribution in [2.24, 2.45) is 5.92 Å². The number of ether oxygens (including phenoxy) is 1. The molecule has 2 rings (SSSR count). The van der Waals surface area contributed by atoms with E-state index in [1.165, 1.54) is 25.9 Å². The highest BCUT2D eigenvalue weighted by Crippen LogP contribution is 2.16.